The molecule has 0 spiro atoms. The van der Waals surface area contributed by atoms with Crippen LogP contribution >= 0.6 is 0 Å². The van der Waals surface area contributed by atoms with Gasteiger partial charge < -0.3 is 14.6 Å². The van der Waals surface area contributed by atoms with Crippen LogP contribution in [0.4, 0.5) is 0 Å². The zero-order chi connectivity index (χ0) is 19.7. The van der Waals surface area contributed by atoms with Gasteiger partial charge in [0.15, 0.2) is 0 Å². The number of aromatic nitrogens is 2. The van der Waals surface area contributed by atoms with Crippen molar-refractivity contribution < 1.29 is 9.53 Å². The van der Waals surface area contributed by atoms with Crippen LogP contribution in [0.25, 0.3) is 10.9 Å². The van der Waals surface area contributed by atoms with E-state index in [0.29, 0.717) is 24.5 Å². The maximum atomic E-state index is 12.6. The lowest BCUT2D eigenvalue weighted by Gasteiger charge is -2.12. The quantitative estimate of drug-likeness (QED) is 0.670. The maximum Gasteiger partial charge on any atom is 0.263 e. The molecule has 0 bridgehead atoms. The van der Waals surface area contributed by atoms with E-state index in [4.69, 9.17) is 4.74 Å². The summed E-state index contributed by atoms with van der Waals surface area (Å²) in [7, 11) is 0. The van der Waals surface area contributed by atoms with Crippen LogP contribution in [0.3, 0.4) is 0 Å². The second kappa shape index (κ2) is 7.46. The molecule has 1 saturated carbocycles. The number of ether oxygens (including phenoxy) is 1. The molecule has 2 heterocycles. The van der Waals surface area contributed by atoms with Crippen molar-refractivity contribution in [3.05, 3.63) is 69.8 Å². The van der Waals surface area contributed by atoms with Gasteiger partial charge in [0.25, 0.3) is 11.5 Å². The third kappa shape index (κ3) is 3.63. The smallest absolute Gasteiger partial charge is 0.263 e. The number of para-hydroxylation sites is 1. The van der Waals surface area contributed by atoms with Gasteiger partial charge in [-0.1, -0.05) is 18.2 Å². The van der Waals surface area contributed by atoms with Crippen molar-refractivity contribution in [3.8, 4) is 5.75 Å². The normalized spacial score (nSPS) is 13.5. The molecule has 0 aliphatic heterocycles. The Bertz CT molecular complexity index is 1100. The van der Waals surface area contributed by atoms with Crippen LogP contribution in [0.2, 0.25) is 0 Å². The highest BCUT2D eigenvalue weighted by molar-refractivity contribution is 5.95. The van der Waals surface area contributed by atoms with E-state index in [9.17, 15) is 9.59 Å². The Kier molecular flexibility index (Phi) is 4.86. The monoisotopic (exact) mass is 377 g/mol. The molecule has 0 saturated heterocycles. The number of pyridine rings is 2. The van der Waals surface area contributed by atoms with Crippen LogP contribution < -0.4 is 15.6 Å². The highest BCUT2D eigenvalue weighted by Gasteiger charge is 2.26. The second-order valence-electron chi connectivity index (χ2n) is 7.20. The number of carbonyl (C=O) groups excluding carboxylic acids is 1. The summed E-state index contributed by atoms with van der Waals surface area (Å²) in [5.41, 5.74) is 2.42. The van der Waals surface area contributed by atoms with E-state index >= 15 is 0 Å². The summed E-state index contributed by atoms with van der Waals surface area (Å²) < 4.78 is 7.50. The topological polar surface area (TPSA) is 73.2 Å². The number of nitrogens with zero attached hydrogens (tertiary/aromatic N) is 2. The molecule has 1 fully saturated rings. The van der Waals surface area contributed by atoms with Crippen LogP contribution in [0.15, 0.2) is 47.4 Å². The zero-order valence-corrected chi connectivity index (χ0v) is 16.1. The fourth-order valence-corrected chi connectivity index (χ4v) is 3.31. The van der Waals surface area contributed by atoms with E-state index in [1.165, 1.54) is 0 Å². The Balaban J connectivity index is 1.41. The van der Waals surface area contributed by atoms with Gasteiger partial charge in [-0.05, 0) is 50.5 Å². The molecule has 1 aliphatic carbocycles. The van der Waals surface area contributed by atoms with Gasteiger partial charge in [-0.3, -0.25) is 9.59 Å². The summed E-state index contributed by atoms with van der Waals surface area (Å²) in [5, 5.41) is 3.81. The molecule has 3 aromatic rings. The van der Waals surface area contributed by atoms with Crippen LogP contribution in [0.5, 0.6) is 5.75 Å². The molecule has 28 heavy (non-hydrogen) atoms. The number of hydrogen-bond donors (Lipinski definition) is 1. The summed E-state index contributed by atoms with van der Waals surface area (Å²) in [6.45, 7) is 4.32. The number of benzene rings is 1. The number of hydrogen-bond acceptors (Lipinski definition) is 4. The average molecular weight is 377 g/mol. The van der Waals surface area contributed by atoms with E-state index in [2.05, 4.69) is 10.3 Å². The first-order chi connectivity index (χ1) is 13.5. The van der Waals surface area contributed by atoms with Crippen molar-refractivity contribution in [1.82, 2.24) is 14.9 Å². The molecule has 6 heteroatoms. The Morgan fingerprint density at radius 1 is 1.21 bits per heavy atom. The number of carbonyl (C=O) groups is 1. The molecule has 4 rings (SSSR count). The Morgan fingerprint density at radius 3 is 2.82 bits per heavy atom. The third-order valence-corrected chi connectivity index (χ3v) is 4.96. The third-order valence-electron chi connectivity index (χ3n) is 4.96. The maximum absolute atomic E-state index is 12.6. The van der Waals surface area contributed by atoms with Gasteiger partial charge in [-0.2, -0.15) is 0 Å². The fraction of sp³-hybridized carbons (Fsp3) is 0.318. The SMILES string of the molecule is Cc1ccc2cccc(OCCNC(=O)c3c(C)ccn(C4CC4)c3=O)c2n1. The molecule has 144 valence electrons. The first-order valence-electron chi connectivity index (χ1n) is 9.54. The van der Waals surface area contributed by atoms with Crippen molar-refractivity contribution in [2.45, 2.75) is 32.7 Å². The first kappa shape index (κ1) is 18.2. The molecular formula is C22H23N3O3. The van der Waals surface area contributed by atoms with Crippen LogP contribution in [0, 0.1) is 13.8 Å². The van der Waals surface area contributed by atoms with Crippen molar-refractivity contribution in [1.29, 1.82) is 0 Å². The molecule has 1 aliphatic rings. The summed E-state index contributed by atoms with van der Waals surface area (Å²) in [6, 6.07) is 11.8. The Labute approximate surface area is 163 Å². The molecule has 0 radical (unpaired) electrons. The summed E-state index contributed by atoms with van der Waals surface area (Å²) in [5.74, 6) is 0.329. The van der Waals surface area contributed by atoms with Gasteiger partial charge >= 0.3 is 0 Å². The summed E-state index contributed by atoms with van der Waals surface area (Å²) >= 11 is 0. The molecule has 1 N–H and O–H groups in total. The van der Waals surface area contributed by atoms with E-state index in [1.54, 1.807) is 17.7 Å². The lowest BCUT2D eigenvalue weighted by Crippen LogP contribution is -2.35. The minimum Gasteiger partial charge on any atom is -0.489 e. The zero-order valence-electron chi connectivity index (χ0n) is 16.1. The highest BCUT2D eigenvalue weighted by atomic mass is 16.5. The minimum atomic E-state index is -0.354. The predicted octanol–water partition coefficient (Wildman–Crippen LogP) is 3.16. The Hall–Kier alpha value is -3.15. The Morgan fingerprint density at radius 2 is 2.04 bits per heavy atom. The van der Waals surface area contributed by atoms with E-state index < -0.39 is 0 Å². The number of aryl methyl sites for hydroxylation is 2. The predicted molar refractivity (Wildman–Crippen MR) is 108 cm³/mol. The molecule has 0 atom stereocenters. The average Bonchev–Trinajstić information content (AvgIpc) is 3.50. The van der Waals surface area contributed by atoms with Crippen molar-refractivity contribution in [3.63, 3.8) is 0 Å². The standard InChI is InChI=1S/C22H23N3O3/c1-14-10-12-25(17-8-9-17)22(27)19(14)21(26)23-11-13-28-18-5-3-4-16-7-6-15(2)24-20(16)18/h3-7,10,12,17H,8-9,11,13H2,1-2H3,(H,23,26). The van der Waals surface area contributed by atoms with Crippen LogP contribution in [-0.4, -0.2) is 28.6 Å². The number of rotatable bonds is 6. The second-order valence-corrected chi connectivity index (χ2v) is 7.20. The first-order valence-corrected chi connectivity index (χ1v) is 9.54. The van der Waals surface area contributed by atoms with Gasteiger partial charge in [-0.15, -0.1) is 0 Å². The van der Waals surface area contributed by atoms with Crippen LogP contribution in [0.1, 0.15) is 40.5 Å². The highest BCUT2D eigenvalue weighted by Crippen LogP contribution is 2.33. The molecule has 2 aromatic heterocycles. The lowest BCUT2D eigenvalue weighted by atomic mass is 10.1. The van der Waals surface area contributed by atoms with Gasteiger partial charge in [0.2, 0.25) is 0 Å². The summed E-state index contributed by atoms with van der Waals surface area (Å²) in [6.07, 6.45) is 3.78. The van der Waals surface area contributed by atoms with E-state index in [0.717, 1.165) is 29.4 Å². The fourth-order valence-electron chi connectivity index (χ4n) is 3.31. The molecule has 1 amide bonds. The largest absolute Gasteiger partial charge is 0.489 e. The number of amides is 1. The molecular weight excluding hydrogens is 354 g/mol. The van der Waals surface area contributed by atoms with Crippen molar-refractivity contribution in [2.24, 2.45) is 0 Å². The van der Waals surface area contributed by atoms with Gasteiger partial charge in [0.05, 0.1) is 6.54 Å². The van der Waals surface area contributed by atoms with Gasteiger partial charge in [0, 0.05) is 23.3 Å². The van der Waals surface area contributed by atoms with E-state index in [-0.39, 0.29) is 23.1 Å². The molecule has 1 aromatic carbocycles. The molecule has 0 unspecified atom stereocenters. The summed E-state index contributed by atoms with van der Waals surface area (Å²) in [4.78, 5) is 29.7. The van der Waals surface area contributed by atoms with Gasteiger partial charge in [-0.25, -0.2) is 4.98 Å². The number of fused-ring (bicyclic) bond motifs is 1. The number of nitrogens with one attached hydrogen (secondary N) is 1. The molecule has 6 nitrogen and oxygen atoms in total. The lowest BCUT2D eigenvalue weighted by molar-refractivity contribution is 0.0944. The van der Waals surface area contributed by atoms with Crippen LogP contribution in [-0.2, 0) is 0 Å². The van der Waals surface area contributed by atoms with Crippen molar-refractivity contribution >= 4 is 16.8 Å². The van der Waals surface area contributed by atoms with E-state index in [1.807, 2.05) is 43.3 Å². The van der Waals surface area contributed by atoms with Crippen molar-refractivity contribution in [2.75, 3.05) is 13.2 Å². The minimum absolute atomic E-state index is 0.213. The van der Waals surface area contributed by atoms with Gasteiger partial charge in [0.1, 0.15) is 23.4 Å².